The van der Waals surface area contributed by atoms with Gasteiger partial charge in [-0.1, -0.05) is 13.8 Å². The third-order valence-corrected chi connectivity index (χ3v) is 9.12. The van der Waals surface area contributed by atoms with E-state index in [1.54, 1.807) is 0 Å². The standard InChI is InChI=1S/C27H41N5OS/c1-4-14-31(15-5-2)20-12-16-32(17-13-20)24(33)18-23-28-26(30(3)19-10-11-19)25-21-8-6-7-9-22(21)34-27(25)29-23/h19-20H,4-18H2,1-3H3. The Bertz CT molecular complexity index is 1000. The van der Waals surface area contributed by atoms with Crippen LogP contribution in [0.3, 0.4) is 0 Å². The van der Waals surface area contributed by atoms with Crippen LogP contribution in [0.25, 0.3) is 10.2 Å². The van der Waals surface area contributed by atoms with Gasteiger partial charge in [-0.2, -0.15) is 0 Å². The second kappa shape index (κ2) is 10.5. The number of anilines is 1. The zero-order chi connectivity index (χ0) is 23.7. The number of carbonyl (C=O) groups excluding carboxylic acids is 1. The number of carbonyl (C=O) groups is 1. The molecule has 0 atom stereocenters. The van der Waals surface area contributed by atoms with Crippen molar-refractivity contribution >= 4 is 33.3 Å². The fourth-order valence-electron chi connectivity index (χ4n) is 5.93. The summed E-state index contributed by atoms with van der Waals surface area (Å²) in [6, 6.07) is 1.21. The number of amides is 1. The molecule has 2 aromatic heterocycles. The molecule has 1 saturated carbocycles. The van der Waals surface area contributed by atoms with E-state index in [0.717, 1.165) is 43.0 Å². The van der Waals surface area contributed by atoms with Crippen LogP contribution in [-0.4, -0.2) is 71.0 Å². The van der Waals surface area contributed by atoms with Gasteiger partial charge in [0.25, 0.3) is 0 Å². The number of fused-ring (bicyclic) bond motifs is 3. The summed E-state index contributed by atoms with van der Waals surface area (Å²) in [5.41, 5.74) is 1.48. The van der Waals surface area contributed by atoms with Crippen LogP contribution >= 0.6 is 11.3 Å². The molecule has 0 radical (unpaired) electrons. The maximum atomic E-state index is 13.3. The summed E-state index contributed by atoms with van der Waals surface area (Å²) in [4.78, 5) is 32.9. The van der Waals surface area contributed by atoms with Crippen LogP contribution in [0.4, 0.5) is 5.82 Å². The van der Waals surface area contributed by atoms with E-state index in [2.05, 4.69) is 35.6 Å². The molecule has 1 aliphatic heterocycles. The van der Waals surface area contributed by atoms with E-state index >= 15 is 0 Å². The van der Waals surface area contributed by atoms with E-state index in [-0.39, 0.29) is 5.91 Å². The average molecular weight is 484 g/mol. The first-order valence-electron chi connectivity index (χ1n) is 13.6. The van der Waals surface area contributed by atoms with Gasteiger partial charge in [-0.15, -0.1) is 11.3 Å². The first-order chi connectivity index (χ1) is 16.6. The van der Waals surface area contributed by atoms with Gasteiger partial charge in [0.2, 0.25) is 5.91 Å². The molecule has 5 rings (SSSR count). The monoisotopic (exact) mass is 483 g/mol. The molecule has 1 amide bonds. The summed E-state index contributed by atoms with van der Waals surface area (Å²) in [5.74, 6) is 1.97. The van der Waals surface area contributed by atoms with Crippen molar-refractivity contribution in [2.45, 2.75) is 96.6 Å². The second-order valence-electron chi connectivity index (χ2n) is 10.5. The lowest BCUT2D eigenvalue weighted by molar-refractivity contribution is -0.132. The van der Waals surface area contributed by atoms with Crippen molar-refractivity contribution < 1.29 is 4.79 Å². The zero-order valence-corrected chi connectivity index (χ0v) is 22.1. The van der Waals surface area contributed by atoms with E-state index in [9.17, 15) is 4.79 Å². The van der Waals surface area contributed by atoms with Gasteiger partial charge in [0.05, 0.1) is 11.8 Å². The third-order valence-electron chi connectivity index (χ3n) is 7.94. The van der Waals surface area contributed by atoms with E-state index in [4.69, 9.17) is 9.97 Å². The topological polar surface area (TPSA) is 52.6 Å². The fourth-order valence-corrected chi connectivity index (χ4v) is 7.20. The lowest BCUT2D eigenvalue weighted by atomic mass is 9.97. The van der Waals surface area contributed by atoms with Crippen LogP contribution in [0.2, 0.25) is 0 Å². The molecule has 3 heterocycles. The summed E-state index contributed by atoms with van der Waals surface area (Å²) in [6.07, 6.45) is 12.2. The SMILES string of the molecule is CCCN(CCC)C1CCN(C(=O)Cc2nc(N(C)C3CC3)c3c4c(sc3n2)CCCC4)CC1. The molecule has 2 fully saturated rings. The van der Waals surface area contributed by atoms with Crippen LogP contribution in [-0.2, 0) is 24.1 Å². The van der Waals surface area contributed by atoms with Gasteiger partial charge in [0.1, 0.15) is 16.5 Å². The van der Waals surface area contributed by atoms with Crippen molar-refractivity contribution in [3.63, 3.8) is 0 Å². The molecule has 0 unspecified atom stereocenters. The maximum Gasteiger partial charge on any atom is 0.230 e. The molecule has 0 spiro atoms. The Kier molecular flexibility index (Phi) is 7.40. The van der Waals surface area contributed by atoms with Gasteiger partial charge in [-0.3, -0.25) is 4.79 Å². The number of hydrogen-bond donors (Lipinski definition) is 0. The molecular formula is C27H41N5OS. The Morgan fingerprint density at radius 2 is 1.71 bits per heavy atom. The summed E-state index contributed by atoms with van der Waals surface area (Å²) in [7, 11) is 2.18. The molecule has 34 heavy (non-hydrogen) atoms. The Morgan fingerprint density at radius 3 is 2.38 bits per heavy atom. The third kappa shape index (κ3) is 4.97. The Balaban J connectivity index is 1.31. The predicted molar refractivity (Wildman–Crippen MR) is 141 cm³/mol. The molecule has 7 heteroatoms. The van der Waals surface area contributed by atoms with Gasteiger partial charge < -0.3 is 14.7 Å². The molecule has 6 nitrogen and oxygen atoms in total. The number of thiophene rings is 1. The summed E-state index contributed by atoms with van der Waals surface area (Å²) in [5, 5.41) is 1.28. The minimum atomic E-state index is 0.191. The lowest BCUT2D eigenvalue weighted by Gasteiger charge is -2.38. The minimum absolute atomic E-state index is 0.191. The number of aryl methyl sites for hydroxylation is 2. The van der Waals surface area contributed by atoms with Crippen LogP contribution < -0.4 is 4.90 Å². The Labute approximate surface area is 208 Å². The van der Waals surface area contributed by atoms with Crippen molar-refractivity contribution in [2.24, 2.45) is 0 Å². The van der Waals surface area contributed by atoms with Gasteiger partial charge in [-0.05, 0) is 82.9 Å². The minimum Gasteiger partial charge on any atom is -0.356 e. The van der Waals surface area contributed by atoms with Gasteiger partial charge in [-0.25, -0.2) is 9.97 Å². The smallest absolute Gasteiger partial charge is 0.230 e. The molecule has 0 aromatic carbocycles. The highest BCUT2D eigenvalue weighted by Crippen LogP contribution is 2.41. The highest BCUT2D eigenvalue weighted by molar-refractivity contribution is 7.19. The van der Waals surface area contributed by atoms with E-state index < -0.39 is 0 Å². The van der Waals surface area contributed by atoms with Crippen molar-refractivity contribution in [3.8, 4) is 0 Å². The Hall–Kier alpha value is -1.73. The molecule has 186 valence electrons. The normalized spacial score (nSPS) is 19.1. The highest BCUT2D eigenvalue weighted by atomic mass is 32.1. The number of rotatable bonds is 9. The number of piperidine rings is 1. The molecule has 0 N–H and O–H groups in total. The maximum absolute atomic E-state index is 13.3. The van der Waals surface area contributed by atoms with Gasteiger partial charge in [0, 0.05) is 37.1 Å². The van der Waals surface area contributed by atoms with Crippen LogP contribution in [0.1, 0.15) is 81.5 Å². The number of nitrogens with zero attached hydrogens (tertiary/aromatic N) is 5. The summed E-state index contributed by atoms with van der Waals surface area (Å²) < 4.78 is 0. The van der Waals surface area contributed by atoms with Crippen molar-refractivity contribution in [3.05, 3.63) is 16.3 Å². The molecule has 3 aliphatic rings. The molecule has 0 bridgehead atoms. The van der Waals surface area contributed by atoms with Crippen LogP contribution in [0.15, 0.2) is 0 Å². The van der Waals surface area contributed by atoms with Crippen LogP contribution in [0, 0.1) is 0 Å². The van der Waals surface area contributed by atoms with E-state index in [1.165, 1.54) is 73.9 Å². The van der Waals surface area contributed by atoms with Crippen LogP contribution in [0.5, 0.6) is 0 Å². The van der Waals surface area contributed by atoms with E-state index in [1.807, 2.05) is 11.3 Å². The molecule has 2 aliphatic carbocycles. The largest absolute Gasteiger partial charge is 0.356 e. The summed E-state index contributed by atoms with van der Waals surface area (Å²) in [6.45, 7) is 8.58. The first kappa shape index (κ1) is 24.0. The molecule has 2 aromatic rings. The Morgan fingerprint density at radius 1 is 1.00 bits per heavy atom. The average Bonchev–Trinajstić information content (AvgIpc) is 3.63. The van der Waals surface area contributed by atoms with Gasteiger partial charge >= 0.3 is 0 Å². The first-order valence-corrected chi connectivity index (χ1v) is 14.5. The summed E-state index contributed by atoms with van der Waals surface area (Å²) >= 11 is 1.84. The predicted octanol–water partition coefficient (Wildman–Crippen LogP) is 4.82. The number of likely N-dealkylation sites (tertiary alicyclic amines) is 1. The van der Waals surface area contributed by atoms with Gasteiger partial charge in [0.15, 0.2) is 0 Å². The number of hydrogen-bond acceptors (Lipinski definition) is 6. The fraction of sp³-hybridized carbons (Fsp3) is 0.741. The van der Waals surface area contributed by atoms with Crippen molar-refractivity contribution in [2.75, 3.05) is 38.1 Å². The second-order valence-corrected chi connectivity index (χ2v) is 11.6. The quantitative estimate of drug-likeness (QED) is 0.512. The lowest BCUT2D eigenvalue weighted by Crippen LogP contribution is -2.47. The van der Waals surface area contributed by atoms with E-state index in [0.29, 0.717) is 24.3 Å². The van der Waals surface area contributed by atoms with Crippen molar-refractivity contribution in [1.29, 1.82) is 0 Å². The van der Waals surface area contributed by atoms with Crippen molar-refractivity contribution in [1.82, 2.24) is 19.8 Å². The highest BCUT2D eigenvalue weighted by Gasteiger charge is 2.32. The zero-order valence-electron chi connectivity index (χ0n) is 21.3. The molecular weight excluding hydrogens is 442 g/mol. The number of aromatic nitrogens is 2. The molecule has 1 saturated heterocycles.